The molecule has 0 radical (unpaired) electrons. The fraction of sp³-hybridized carbons (Fsp3) is 0.250. The zero-order valence-electron chi connectivity index (χ0n) is 13.1. The summed E-state index contributed by atoms with van der Waals surface area (Å²) in [6.07, 6.45) is 0.542. The summed E-state index contributed by atoms with van der Waals surface area (Å²) in [4.78, 5) is 20.7. The molecule has 0 bridgehead atoms. The smallest absolute Gasteiger partial charge is 0.251 e. The van der Waals surface area contributed by atoms with Crippen LogP contribution in [-0.4, -0.2) is 32.6 Å². The molecule has 2 aromatic heterocycles. The number of benzene rings is 1. The van der Waals surface area contributed by atoms with E-state index in [0.717, 1.165) is 22.2 Å². The molecule has 23 heavy (non-hydrogen) atoms. The van der Waals surface area contributed by atoms with Gasteiger partial charge in [-0.15, -0.1) is 5.10 Å². The molecule has 0 unspecified atom stereocenters. The standard InChI is InChI=1S/C16H18N6O/c1-9-7-10(2)19-13-8-11(3-4-12(9)13)15(23)18-6-5-14-20-16(17)22-21-14/h3-4,7-8H,5-6H2,1-2H3,(H,18,23)(H3,17,20,21,22). The van der Waals surface area contributed by atoms with Gasteiger partial charge in [0.25, 0.3) is 5.91 Å². The van der Waals surface area contributed by atoms with E-state index in [1.807, 2.05) is 38.1 Å². The molecule has 0 saturated carbocycles. The minimum absolute atomic E-state index is 0.139. The van der Waals surface area contributed by atoms with Gasteiger partial charge in [0.05, 0.1) is 5.52 Å². The Kier molecular flexibility index (Phi) is 3.92. The molecular weight excluding hydrogens is 292 g/mol. The van der Waals surface area contributed by atoms with Gasteiger partial charge in [-0.3, -0.25) is 14.9 Å². The SMILES string of the molecule is Cc1cc(C)c2ccc(C(=O)NCCc3nc(N)n[nH]3)cc2n1. The van der Waals surface area contributed by atoms with Crippen molar-refractivity contribution in [3.63, 3.8) is 0 Å². The molecule has 0 aliphatic carbocycles. The highest BCUT2D eigenvalue weighted by Gasteiger charge is 2.09. The topological polar surface area (TPSA) is 110 Å². The lowest BCUT2D eigenvalue weighted by Gasteiger charge is -2.07. The van der Waals surface area contributed by atoms with Crippen molar-refractivity contribution in [2.75, 3.05) is 12.3 Å². The van der Waals surface area contributed by atoms with E-state index in [1.54, 1.807) is 0 Å². The third-order valence-corrected chi connectivity index (χ3v) is 3.60. The van der Waals surface area contributed by atoms with Crippen LogP contribution in [0.1, 0.15) is 27.4 Å². The molecule has 1 aromatic carbocycles. The lowest BCUT2D eigenvalue weighted by Crippen LogP contribution is -2.26. The van der Waals surface area contributed by atoms with E-state index in [-0.39, 0.29) is 11.9 Å². The van der Waals surface area contributed by atoms with Crippen molar-refractivity contribution in [2.24, 2.45) is 0 Å². The van der Waals surface area contributed by atoms with Crippen molar-refractivity contribution in [3.8, 4) is 0 Å². The number of nitrogens with one attached hydrogen (secondary N) is 2. The number of carbonyl (C=O) groups excluding carboxylic acids is 1. The molecule has 7 heteroatoms. The van der Waals surface area contributed by atoms with Crippen LogP contribution in [0.2, 0.25) is 0 Å². The lowest BCUT2D eigenvalue weighted by molar-refractivity contribution is 0.0954. The van der Waals surface area contributed by atoms with Crippen molar-refractivity contribution < 1.29 is 4.79 Å². The van der Waals surface area contributed by atoms with Crippen molar-refractivity contribution in [2.45, 2.75) is 20.3 Å². The summed E-state index contributed by atoms with van der Waals surface area (Å²) in [5.41, 5.74) is 8.95. The highest BCUT2D eigenvalue weighted by atomic mass is 16.1. The van der Waals surface area contributed by atoms with Crippen LogP contribution < -0.4 is 11.1 Å². The highest BCUT2D eigenvalue weighted by Crippen LogP contribution is 2.19. The van der Waals surface area contributed by atoms with Crippen LogP contribution in [0.25, 0.3) is 10.9 Å². The molecule has 2 heterocycles. The number of rotatable bonds is 4. The van der Waals surface area contributed by atoms with E-state index in [1.165, 1.54) is 0 Å². The largest absolute Gasteiger partial charge is 0.367 e. The van der Waals surface area contributed by atoms with E-state index in [9.17, 15) is 4.79 Å². The highest BCUT2D eigenvalue weighted by molar-refractivity contribution is 5.98. The minimum Gasteiger partial charge on any atom is -0.367 e. The number of aromatic amines is 1. The number of fused-ring (bicyclic) bond motifs is 1. The number of carbonyl (C=O) groups is 1. The average Bonchev–Trinajstić information content (AvgIpc) is 2.91. The molecule has 4 N–H and O–H groups in total. The summed E-state index contributed by atoms with van der Waals surface area (Å²) in [5, 5.41) is 10.4. The fourth-order valence-electron chi connectivity index (χ4n) is 2.53. The van der Waals surface area contributed by atoms with Crippen molar-refractivity contribution >= 4 is 22.8 Å². The molecule has 1 amide bonds. The summed E-state index contributed by atoms with van der Waals surface area (Å²) in [5.74, 6) is 0.715. The lowest BCUT2D eigenvalue weighted by atomic mass is 10.1. The molecule has 3 aromatic rings. The Hall–Kier alpha value is -2.96. The second-order valence-corrected chi connectivity index (χ2v) is 5.46. The molecule has 118 valence electrons. The van der Waals surface area contributed by atoms with Crippen LogP contribution in [0.5, 0.6) is 0 Å². The number of nitrogens with zero attached hydrogens (tertiary/aromatic N) is 3. The van der Waals surface area contributed by atoms with Crippen LogP contribution in [0, 0.1) is 13.8 Å². The Morgan fingerprint density at radius 3 is 2.83 bits per heavy atom. The third kappa shape index (κ3) is 3.28. The number of amides is 1. The van der Waals surface area contributed by atoms with E-state index < -0.39 is 0 Å². The second-order valence-electron chi connectivity index (χ2n) is 5.46. The molecule has 3 rings (SSSR count). The number of pyridine rings is 1. The number of aryl methyl sites for hydroxylation is 2. The van der Waals surface area contributed by atoms with Crippen LogP contribution in [0.3, 0.4) is 0 Å². The minimum atomic E-state index is -0.139. The first-order chi connectivity index (χ1) is 11.0. The van der Waals surface area contributed by atoms with E-state index in [0.29, 0.717) is 24.4 Å². The van der Waals surface area contributed by atoms with Gasteiger partial charge < -0.3 is 11.1 Å². The first-order valence-electron chi connectivity index (χ1n) is 7.36. The van der Waals surface area contributed by atoms with Crippen LogP contribution >= 0.6 is 0 Å². The maximum Gasteiger partial charge on any atom is 0.251 e. The van der Waals surface area contributed by atoms with E-state index >= 15 is 0 Å². The summed E-state index contributed by atoms with van der Waals surface area (Å²) < 4.78 is 0. The molecule has 7 nitrogen and oxygen atoms in total. The molecule has 0 saturated heterocycles. The van der Waals surface area contributed by atoms with Crippen LogP contribution in [0.4, 0.5) is 5.95 Å². The van der Waals surface area contributed by atoms with Gasteiger partial charge in [0.1, 0.15) is 5.82 Å². The number of hydrogen-bond acceptors (Lipinski definition) is 5. The average molecular weight is 310 g/mol. The fourth-order valence-corrected chi connectivity index (χ4v) is 2.53. The Morgan fingerprint density at radius 1 is 1.26 bits per heavy atom. The van der Waals surface area contributed by atoms with Crippen molar-refractivity contribution in [1.29, 1.82) is 0 Å². The molecule has 0 aliphatic heterocycles. The Labute approximate surface area is 133 Å². The number of anilines is 1. The summed E-state index contributed by atoms with van der Waals surface area (Å²) in [6.45, 7) is 4.44. The number of nitrogen functional groups attached to an aromatic ring is 1. The van der Waals surface area contributed by atoms with Crippen LogP contribution in [-0.2, 0) is 6.42 Å². The Morgan fingerprint density at radius 2 is 2.09 bits per heavy atom. The number of H-pyrrole nitrogens is 1. The summed E-state index contributed by atoms with van der Waals surface area (Å²) >= 11 is 0. The van der Waals surface area contributed by atoms with Gasteiger partial charge in [-0.05, 0) is 37.6 Å². The second kappa shape index (κ2) is 6.04. The zero-order chi connectivity index (χ0) is 16.4. The summed E-state index contributed by atoms with van der Waals surface area (Å²) in [6, 6.07) is 7.60. The van der Waals surface area contributed by atoms with E-state index in [4.69, 9.17) is 5.73 Å². The van der Waals surface area contributed by atoms with Gasteiger partial charge in [-0.1, -0.05) is 6.07 Å². The normalized spacial score (nSPS) is 10.9. The first-order valence-corrected chi connectivity index (χ1v) is 7.36. The van der Waals surface area contributed by atoms with Crippen LogP contribution in [0.15, 0.2) is 24.3 Å². The molecule has 0 spiro atoms. The molecule has 0 fully saturated rings. The maximum absolute atomic E-state index is 12.2. The number of hydrogen-bond donors (Lipinski definition) is 3. The van der Waals surface area contributed by atoms with Gasteiger partial charge in [0.2, 0.25) is 5.95 Å². The Bertz CT molecular complexity index is 870. The van der Waals surface area contributed by atoms with E-state index in [2.05, 4.69) is 25.5 Å². The maximum atomic E-state index is 12.2. The number of aromatic nitrogens is 4. The monoisotopic (exact) mass is 310 g/mol. The van der Waals surface area contributed by atoms with Gasteiger partial charge in [-0.25, -0.2) is 0 Å². The summed E-state index contributed by atoms with van der Waals surface area (Å²) in [7, 11) is 0. The Balaban J connectivity index is 1.70. The van der Waals surface area contributed by atoms with Gasteiger partial charge in [0.15, 0.2) is 0 Å². The molecular formula is C16H18N6O. The molecule has 0 aliphatic rings. The quantitative estimate of drug-likeness (QED) is 0.677. The van der Waals surface area contributed by atoms with Gasteiger partial charge in [-0.2, -0.15) is 4.98 Å². The predicted octanol–water partition coefficient (Wildman–Crippen LogP) is 1.52. The predicted molar refractivity (Wildman–Crippen MR) is 88.0 cm³/mol. The van der Waals surface area contributed by atoms with Gasteiger partial charge in [0, 0.05) is 29.6 Å². The zero-order valence-corrected chi connectivity index (χ0v) is 13.1. The molecule has 0 atom stereocenters. The third-order valence-electron chi connectivity index (χ3n) is 3.60. The van der Waals surface area contributed by atoms with Crippen molar-refractivity contribution in [1.82, 2.24) is 25.5 Å². The first kappa shape index (κ1) is 15.0. The van der Waals surface area contributed by atoms with Gasteiger partial charge >= 0.3 is 0 Å². The number of nitrogens with two attached hydrogens (primary N) is 1. The van der Waals surface area contributed by atoms with Crippen molar-refractivity contribution in [3.05, 3.63) is 46.9 Å².